The maximum atomic E-state index is 9.33. The van der Waals surface area contributed by atoms with E-state index in [1.54, 1.807) is 6.20 Å². The highest BCUT2D eigenvalue weighted by molar-refractivity contribution is 9.10. The predicted molar refractivity (Wildman–Crippen MR) is 70.5 cm³/mol. The molecule has 0 bridgehead atoms. The normalized spacial score (nSPS) is 14.6. The van der Waals surface area contributed by atoms with Gasteiger partial charge in [0.15, 0.2) is 0 Å². The second kappa shape index (κ2) is 5.01. The van der Waals surface area contributed by atoms with Crippen LogP contribution in [0.2, 0.25) is 0 Å². The predicted octanol–water partition coefficient (Wildman–Crippen LogP) is 2.31. The summed E-state index contributed by atoms with van der Waals surface area (Å²) in [5.41, 5.74) is 6.99. The lowest BCUT2D eigenvalue weighted by atomic mass is 10.0. The Morgan fingerprint density at radius 3 is 2.75 bits per heavy atom. The van der Waals surface area contributed by atoms with Crippen LogP contribution in [-0.4, -0.2) is 22.2 Å². The zero-order valence-electron chi connectivity index (χ0n) is 9.84. The summed E-state index contributed by atoms with van der Waals surface area (Å²) in [6, 6.07) is 0. The maximum absolute atomic E-state index is 9.33. The van der Waals surface area contributed by atoms with Crippen molar-refractivity contribution < 1.29 is 5.11 Å². The van der Waals surface area contributed by atoms with Crippen LogP contribution in [0.1, 0.15) is 25.8 Å². The summed E-state index contributed by atoms with van der Waals surface area (Å²) in [4.78, 5) is 4.23. The first kappa shape index (κ1) is 13.3. The monoisotopic (exact) mass is 287 g/mol. The topological polar surface area (TPSA) is 71.2 Å². The van der Waals surface area contributed by atoms with Crippen molar-refractivity contribution in [1.29, 1.82) is 0 Å². The van der Waals surface area contributed by atoms with Crippen molar-refractivity contribution >= 4 is 27.4 Å². The van der Waals surface area contributed by atoms with Crippen LogP contribution in [0.4, 0.5) is 11.5 Å². The van der Waals surface area contributed by atoms with Gasteiger partial charge in [-0.15, -0.1) is 0 Å². The van der Waals surface area contributed by atoms with Crippen molar-refractivity contribution in [3.63, 3.8) is 0 Å². The average molecular weight is 288 g/mol. The van der Waals surface area contributed by atoms with E-state index in [2.05, 4.69) is 26.2 Å². The minimum absolute atomic E-state index is 0.0566. The van der Waals surface area contributed by atoms with Gasteiger partial charge in [0.05, 0.1) is 28.5 Å². The van der Waals surface area contributed by atoms with E-state index in [1.807, 2.05) is 20.8 Å². The van der Waals surface area contributed by atoms with E-state index >= 15 is 0 Å². The number of anilines is 2. The van der Waals surface area contributed by atoms with Crippen LogP contribution < -0.4 is 11.1 Å². The number of hydrogen-bond donors (Lipinski definition) is 3. The lowest BCUT2D eigenvalue weighted by Gasteiger charge is -2.28. The standard InChI is InChI=1S/C11H18BrN3O/c1-4-11(3,6-16)15-10-9(12)7(2)8(13)5-14-10/h5,16H,4,6,13H2,1-3H3,(H,14,15). The molecule has 0 aliphatic heterocycles. The number of nitrogen functional groups attached to an aromatic ring is 1. The van der Waals surface area contributed by atoms with Crippen LogP contribution in [0.3, 0.4) is 0 Å². The number of aromatic nitrogens is 1. The molecule has 1 aromatic heterocycles. The number of pyridine rings is 1. The van der Waals surface area contributed by atoms with Gasteiger partial charge in [-0.1, -0.05) is 6.92 Å². The largest absolute Gasteiger partial charge is 0.397 e. The number of nitrogens with two attached hydrogens (primary N) is 1. The number of halogens is 1. The van der Waals surface area contributed by atoms with Gasteiger partial charge in [0.1, 0.15) is 5.82 Å². The molecule has 1 rings (SSSR count). The Bertz CT molecular complexity index is 378. The first-order valence-corrected chi connectivity index (χ1v) is 6.02. The smallest absolute Gasteiger partial charge is 0.141 e. The fraction of sp³-hybridized carbons (Fsp3) is 0.545. The minimum Gasteiger partial charge on any atom is -0.397 e. The molecule has 0 fully saturated rings. The lowest BCUT2D eigenvalue weighted by molar-refractivity contribution is 0.218. The summed E-state index contributed by atoms with van der Waals surface area (Å²) in [5, 5.41) is 12.6. The molecule has 0 saturated carbocycles. The summed E-state index contributed by atoms with van der Waals surface area (Å²) in [5.74, 6) is 0.713. The van der Waals surface area contributed by atoms with Crippen molar-refractivity contribution in [2.24, 2.45) is 0 Å². The third kappa shape index (κ3) is 2.65. The summed E-state index contributed by atoms with van der Waals surface area (Å²) in [6.07, 6.45) is 2.43. The van der Waals surface area contributed by atoms with Crippen molar-refractivity contribution in [2.75, 3.05) is 17.7 Å². The summed E-state index contributed by atoms with van der Waals surface area (Å²) < 4.78 is 0.848. The molecule has 0 saturated heterocycles. The Hall–Kier alpha value is -0.810. The maximum Gasteiger partial charge on any atom is 0.141 e. The van der Waals surface area contributed by atoms with Crippen LogP contribution in [0.15, 0.2) is 10.7 Å². The number of rotatable bonds is 4. The number of nitrogens with zero attached hydrogens (tertiary/aromatic N) is 1. The Morgan fingerprint density at radius 1 is 1.62 bits per heavy atom. The van der Waals surface area contributed by atoms with E-state index in [0.717, 1.165) is 16.5 Å². The lowest BCUT2D eigenvalue weighted by Crippen LogP contribution is -2.38. The molecule has 0 aromatic carbocycles. The van der Waals surface area contributed by atoms with Gasteiger partial charge in [-0.2, -0.15) is 0 Å². The van der Waals surface area contributed by atoms with E-state index in [0.29, 0.717) is 11.5 Å². The highest BCUT2D eigenvalue weighted by Gasteiger charge is 2.22. The summed E-state index contributed by atoms with van der Waals surface area (Å²) >= 11 is 3.46. The number of hydrogen-bond acceptors (Lipinski definition) is 4. The van der Waals surface area contributed by atoms with Crippen LogP contribution in [0, 0.1) is 6.92 Å². The first-order valence-electron chi connectivity index (χ1n) is 5.23. The number of aliphatic hydroxyl groups is 1. The molecule has 1 atom stereocenters. The van der Waals surface area contributed by atoms with E-state index in [4.69, 9.17) is 5.73 Å². The molecular formula is C11H18BrN3O. The van der Waals surface area contributed by atoms with Gasteiger partial charge in [-0.05, 0) is 41.8 Å². The second-order valence-electron chi connectivity index (χ2n) is 4.20. The van der Waals surface area contributed by atoms with Gasteiger partial charge in [-0.25, -0.2) is 4.98 Å². The molecule has 5 heteroatoms. The molecule has 16 heavy (non-hydrogen) atoms. The molecule has 1 heterocycles. The SMILES string of the molecule is CCC(C)(CO)Nc1ncc(N)c(C)c1Br. The molecule has 1 unspecified atom stereocenters. The van der Waals surface area contributed by atoms with Gasteiger partial charge in [0.25, 0.3) is 0 Å². The molecule has 0 aliphatic rings. The minimum atomic E-state index is -0.363. The summed E-state index contributed by atoms with van der Waals surface area (Å²) in [7, 11) is 0. The molecule has 4 N–H and O–H groups in total. The number of nitrogens with one attached hydrogen (secondary N) is 1. The van der Waals surface area contributed by atoms with E-state index in [1.165, 1.54) is 0 Å². The van der Waals surface area contributed by atoms with E-state index in [-0.39, 0.29) is 12.1 Å². The van der Waals surface area contributed by atoms with Crippen LogP contribution in [0.25, 0.3) is 0 Å². The van der Waals surface area contributed by atoms with E-state index in [9.17, 15) is 5.11 Å². The number of aliphatic hydroxyl groups excluding tert-OH is 1. The average Bonchev–Trinajstić information content (AvgIpc) is 2.30. The summed E-state index contributed by atoms with van der Waals surface area (Å²) in [6.45, 7) is 5.95. The Balaban J connectivity index is 3.03. The quantitative estimate of drug-likeness (QED) is 0.795. The van der Waals surface area contributed by atoms with Gasteiger partial charge < -0.3 is 16.2 Å². The molecule has 0 spiro atoms. The molecule has 4 nitrogen and oxygen atoms in total. The molecule has 0 amide bonds. The highest BCUT2D eigenvalue weighted by Crippen LogP contribution is 2.30. The first-order chi connectivity index (χ1) is 7.43. The van der Waals surface area contributed by atoms with Crippen molar-refractivity contribution in [3.8, 4) is 0 Å². The molecular weight excluding hydrogens is 270 g/mol. The highest BCUT2D eigenvalue weighted by atomic mass is 79.9. The zero-order chi connectivity index (χ0) is 12.3. The van der Waals surface area contributed by atoms with Crippen LogP contribution in [0.5, 0.6) is 0 Å². The van der Waals surface area contributed by atoms with Gasteiger partial charge >= 0.3 is 0 Å². The Labute approximate surface area is 104 Å². The van der Waals surface area contributed by atoms with Gasteiger partial charge in [0.2, 0.25) is 0 Å². The second-order valence-corrected chi connectivity index (χ2v) is 4.99. The fourth-order valence-electron chi connectivity index (χ4n) is 1.20. The van der Waals surface area contributed by atoms with Crippen molar-refractivity contribution in [3.05, 3.63) is 16.2 Å². The van der Waals surface area contributed by atoms with Crippen LogP contribution >= 0.6 is 15.9 Å². The molecule has 0 radical (unpaired) electrons. The molecule has 90 valence electrons. The Kier molecular flexibility index (Phi) is 4.15. The molecule has 0 aliphatic carbocycles. The van der Waals surface area contributed by atoms with Crippen LogP contribution in [-0.2, 0) is 0 Å². The van der Waals surface area contributed by atoms with Crippen molar-refractivity contribution in [1.82, 2.24) is 4.98 Å². The Morgan fingerprint density at radius 2 is 2.25 bits per heavy atom. The molecule has 1 aromatic rings. The zero-order valence-corrected chi connectivity index (χ0v) is 11.4. The fourth-order valence-corrected chi connectivity index (χ4v) is 1.64. The third-order valence-electron chi connectivity index (χ3n) is 2.85. The van der Waals surface area contributed by atoms with Gasteiger partial charge in [0, 0.05) is 0 Å². The van der Waals surface area contributed by atoms with E-state index < -0.39 is 0 Å². The van der Waals surface area contributed by atoms with Crippen molar-refractivity contribution in [2.45, 2.75) is 32.7 Å². The van der Waals surface area contributed by atoms with Gasteiger partial charge in [-0.3, -0.25) is 0 Å². The third-order valence-corrected chi connectivity index (χ3v) is 3.82.